The standard InChI is InChI=1S/C20H23NO3/c1-14-7-6-9-16(13-14)20(2,3)21-18(22)12-11-15-8-4-5-10-17(15)19(23)24/h4-10,13H,11-12H2,1-3H3,(H,21,22)(H,23,24). The molecular formula is C20H23NO3. The molecule has 2 rings (SSSR count). The summed E-state index contributed by atoms with van der Waals surface area (Å²) < 4.78 is 0. The lowest BCUT2D eigenvalue weighted by atomic mass is 9.92. The number of hydrogen-bond acceptors (Lipinski definition) is 2. The largest absolute Gasteiger partial charge is 0.478 e. The summed E-state index contributed by atoms with van der Waals surface area (Å²) in [7, 11) is 0. The van der Waals surface area contributed by atoms with E-state index in [1.165, 1.54) is 0 Å². The van der Waals surface area contributed by atoms with Crippen LogP contribution >= 0.6 is 0 Å². The number of aryl methyl sites for hydroxylation is 2. The Bertz CT molecular complexity index is 750. The Labute approximate surface area is 142 Å². The predicted octanol–water partition coefficient (Wildman–Crippen LogP) is 3.68. The Kier molecular flexibility index (Phi) is 5.39. The van der Waals surface area contributed by atoms with Gasteiger partial charge in [-0.3, -0.25) is 4.79 Å². The first-order valence-electron chi connectivity index (χ1n) is 7.99. The zero-order valence-electron chi connectivity index (χ0n) is 14.3. The maximum Gasteiger partial charge on any atom is 0.335 e. The van der Waals surface area contributed by atoms with E-state index in [1.807, 2.05) is 39.0 Å². The molecule has 0 saturated carbocycles. The fourth-order valence-corrected chi connectivity index (χ4v) is 2.71. The first kappa shape index (κ1) is 17.7. The molecule has 0 aliphatic rings. The topological polar surface area (TPSA) is 66.4 Å². The molecule has 0 radical (unpaired) electrons. The van der Waals surface area contributed by atoms with Crippen LogP contribution in [0, 0.1) is 6.92 Å². The summed E-state index contributed by atoms with van der Waals surface area (Å²) in [6, 6.07) is 14.8. The third-order valence-electron chi connectivity index (χ3n) is 4.06. The van der Waals surface area contributed by atoms with Crippen LogP contribution in [0.3, 0.4) is 0 Å². The zero-order valence-corrected chi connectivity index (χ0v) is 14.3. The van der Waals surface area contributed by atoms with Crippen molar-refractivity contribution in [2.24, 2.45) is 0 Å². The van der Waals surface area contributed by atoms with Gasteiger partial charge in [-0.25, -0.2) is 4.79 Å². The van der Waals surface area contributed by atoms with Gasteiger partial charge < -0.3 is 10.4 Å². The van der Waals surface area contributed by atoms with Crippen LogP contribution in [0.2, 0.25) is 0 Å². The van der Waals surface area contributed by atoms with Gasteiger partial charge in [0.05, 0.1) is 11.1 Å². The Hall–Kier alpha value is -2.62. The van der Waals surface area contributed by atoms with Crippen LogP contribution in [-0.4, -0.2) is 17.0 Å². The van der Waals surface area contributed by atoms with Gasteiger partial charge in [0, 0.05) is 6.42 Å². The lowest BCUT2D eigenvalue weighted by Gasteiger charge is -2.27. The highest BCUT2D eigenvalue weighted by molar-refractivity contribution is 5.89. The number of aromatic carboxylic acids is 1. The number of rotatable bonds is 6. The number of carbonyl (C=O) groups is 2. The third-order valence-corrected chi connectivity index (χ3v) is 4.06. The third kappa shape index (κ3) is 4.44. The molecule has 0 fully saturated rings. The van der Waals surface area contributed by atoms with Gasteiger partial charge in [0.2, 0.25) is 5.91 Å². The summed E-state index contributed by atoms with van der Waals surface area (Å²) in [4.78, 5) is 23.5. The summed E-state index contributed by atoms with van der Waals surface area (Å²) >= 11 is 0. The number of carbonyl (C=O) groups excluding carboxylic acids is 1. The lowest BCUT2D eigenvalue weighted by Crippen LogP contribution is -2.41. The van der Waals surface area contributed by atoms with Crippen LogP contribution in [0.4, 0.5) is 0 Å². The number of hydrogen-bond donors (Lipinski definition) is 2. The van der Waals surface area contributed by atoms with Crippen molar-refractivity contribution in [3.05, 3.63) is 70.8 Å². The van der Waals surface area contributed by atoms with E-state index in [0.717, 1.165) is 11.1 Å². The molecule has 2 aromatic carbocycles. The maximum absolute atomic E-state index is 12.3. The smallest absolute Gasteiger partial charge is 0.335 e. The second kappa shape index (κ2) is 7.30. The van der Waals surface area contributed by atoms with Gasteiger partial charge in [-0.2, -0.15) is 0 Å². The summed E-state index contributed by atoms with van der Waals surface area (Å²) in [6.07, 6.45) is 0.651. The highest BCUT2D eigenvalue weighted by atomic mass is 16.4. The van der Waals surface area contributed by atoms with E-state index in [2.05, 4.69) is 11.4 Å². The van der Waals surface area contributed by atoms with E-state index in [9.17, 15) is 14.7 Å². The molecule has 2 N–H and O–H groups in total. The van der Waals surface area contributed by atoms with Gasteiger partial charge in [-0.15, -0.1) is 0 Å². The normalized spacial score (nSPS) is 11.1. The van der Waals surface area contributed by atoms with Gasteiger partial charge in [0.15, 0.2) is 0 Å². The summed E-state index contributed by atoms with van der Waals surface area (Å²) in [6.45, 7) is 5.94. The zero-order chi connectivity index (χ0) is 17.7. The van der Waals surface area contributed by atoms with Crippen molar-refractivity contribution in [3.8, 4) is 0 Å². The van der Waals surface area contributed by atoms with Crippen molar-refractivity contribution in [2.45, 2.75) is 39.2 Å². The van der Waals surface area contributed by atoms with Crippen LogP contribution in [-0.2, 0) is 16.8 Å². The molecule has 4 heteroatoms. The molecule has 0 unspecified atom stereocenters. The van der Waals surface area contributed by atoms with Crippen LogP contribution in [0.5, 0.6) is 0 Å². The summed E-state index contributed by atoms with van der Waals surface area (Å²) in [5, 5.41) is 12.2. The Balaban J connectivity index is 2.02. The average molecular weight is 325 g/mol. The van der Waals surface area contributed by atoms with Crippen molar-refractivity contribution >= 4 is 11.9 Å². The van der Waals surface area contributed by atoms with Crippen molar-refractivity contribution in [2.75, 3.05) is 0 Å². The molecule has 0 aliphatic heterocycles. The molecule has 2 aromatic rings. The molecule has 1 amide bonds. The van der Waals surface area contributed by atoms with Crippen molar-refractivity contribution in [1.29, 1.82) is 0 Å². The minimum absolute atomic E-state index is 0.0957. The first-order chi connectivity index (χ1) is 11.3. The van der Waals surface area contributed by atoms with Gasteiger partial charge in [-0.1, -0.05) is 48.0 Å². The number of nitrogens with one attached hydrogen (secondary N) is 1. The van der Waals surface area contributed by atoms with Crippen molar-refractivity contribution in [3.63, 3.8) is 0 Å². The second-order valence-electron chi connectivity index (χ2n) is 6.50. The van der Waals surface area contributed by atoms with Gasteiger partial charge >= 0.3 is 5.97 Å². The first-order valence-corrected chi connectivity index (χ1v) is 7.99. The molecule has 24 heavy (non-hydrogen) atoms. The van der Waals surface area contributed by atoms with Crippen LogP contribution in [0.25, 0.3) is 0 Å². The predicted molar refractivity (Wildman–Crippen MR) is 94.1 cm³/mol. The van der Waals surface area contributed by atoms with Crippen molar-refractivity contribution in [1.82, 2.24) is 5.32 Å². The monoisotopic (exact) mass is 325 g/mol. The van der Waals surface area contributed by atoms with E-state index >= 15 is 0 Å². The lowest BCUT2D eigenvalue weighted by molar-refractivity contribution is -0.122. The molecule has 0 atom stereocenters. The van der Waals surface area contributed by atoms with Gasteiger partial charge in [0.1, 0.15) is 0 Å². The molecule has 0 aliphatic carbocycles. The molecule has 0 heterocycles. The number of amides is 1. The Morgan fingerprint density at radius 3 is 2.46 bits per heavy atom. The average Bonchev–Trinajstić information content (AvgIpc) is 2.52. The number of carboxylic acids is 1. The number of carboxylic acid groups (broad SMARTS) is 1. The minimum Gasteiger partial charge on any atom is -0.478 e. The van der Waals surface area contributed by atoms with E-state index in [-0.39, 0.29) is 17.9 Å². The number of benzene rings is 2. The molecule has 0 aromatic heterocycles. The fraction of sp³-hybridized carbons (Fsp3) is 0.300. The Morgan fingerprint density at radius 1 is 1.08 bits per heavy atom. The summed E-state index contributed by atoms with van der Waals surface area (Å²) in [5.41, 5.74) is 2.64. The maximum atomic E-state index is 12.3. The molecule has 126 valence electrons. The highest BCUT2D eigenvalue weighted by Gasteiger charge is 2.23. The van der Waals surface area contributed by atoms with Gasteiger partial charge in [-0.05, 0) is 44.4 Å². The fourth-order valence-electron chi connectivity index (χ4n) is 2.71. The SMILES string of the molecule is Cc1cccc(C(C)(C)NC(=O)CCc2ccccc2C(=O)O)c1. The van der Waals surface area contributed by atoms with Crippen LogP contribution in [0.1, 0.15) is 47.3 Å². The Morgan fingerprint density at radius 2 is 1.79 bits per heavy atom. The molecule has 0 saturated heterocycles. The van der Waals surface area contributed by atoms with Crippen LogP contribution < -0.4 is 5.32 Å². The van der Waals surface area contributed by atoms with Gasteiger partial charge in [0.25, 0.3) is 0 Å². The minimum atomic E-state index is -0.967. The van der Waals surface area contributed by atoms with Crippen LogP contribution in [0.15, 0.2) is 48.5 Å². The van der Waals surface area contributed by atoms with E-state index < -0.39 is 11.5 Å². The van der Waals surface area contributed by atoms with Crippen molar-refractivity contribution < 1.29 is 14.7 Å². The van der Waals surface area contributed by atoms with E-state index in [0.29, 0.717) is 12.0 Å². The quantitative estimate of drug-likeness (QED) is 0.851. The molecule has 0 spiro atoms. The highest BCUT2D eigenvalue weighted by Crippen LogP contribution is 2.21. The molecular weight excluding hydrogens is 302 g/mol. The summed E-state index contributed by atoms with van der Waals surface area (Å²) in [5.74, 6) is -1.06. The van der Waals surface area contributed by atoms with E-state index in [1.54, 1.807) is 24.3 Å². The second-order valence-corrected chi connectivity index (χ2v) is 6.50. The molecule has 4 nitrogen and oxygen atoms in total. The molecule has 0 bridgehead atoms. The van der Waals surface area contributed by atoms with E-state index in [4.69, 9.17) is 0 Å².